The Bertz CT molecular complexity index is 239. The molecular formula is C10H15NO2. The second kappa shape index (κ2) is 4.88. The van der Waals surface area contributed by atoms with Gasteiger partial charge in [-0.2, -0.15) is 0 Å². The van der Waals surface area contributed by atoms with E-state index >= 15 is 0 Å². The Kier molecular flexibility index (Phi) is 3.78. The van der Waals surface area contributed by atoms with Crippen molar-refractivity contribution < 1.29 is 9.53 Å². The molecule has 0 spiro atoms. The summed E-state index contributed by atoms with van der Waals surface area (Å²) in [5, 5.41) is 0. The van der Waals surface area contributed by atoms with Crippen molar-refractivity contribution in [3.05, 3.63) is 0 Å². The van der Waals surface area contributed by atoms with E-state index in [-0.39, 0.29) is 12.0 Å². The van der Waals surface area contributed by atoms with Crippen molar-refractivity contribution in [2.75, 3.05) is 20.2 Å². The summed E-state index contributed by atoms with van der Waals surface area (Å²) in [6.45, 7) is 3.44. The number of hydrogen-bond acceptors (Lipinski definition) is 3. The molecule has 1 rings (SSSR count). The molecule has 3 heteroatoms. The standard InChI is InChI=1S/C10H15NO2/c1-3-4-7-11-8-5-6-9(11)10(12)13-2/h9H,5-8H2,1-2H3. The third-order valence-electron chi connectivity index (χ3n) is 2.30. The molecule has 1 aliphatic heterocycles. The number of ether oxygens (including phenoxy) is 1. The molecule has 0 N–H and O–H groups in total. The van der Waals surface area contributed by atoms with E-state index in [9.17, 15) is 4.79 Å². The summed E-state index contributed by atoms with van der Waals surface area (Å²) in [4.78, 5) is 13.3. The zero-order valence-electron chi connectivity index (χ0n) is 8.17. The van der Waals surface area contributed by atoms with Crippen LogP contribution < -0.4 is 0 Å². The molecule has 1 atom stereocenters. The summed E-state index contributed by atoms with van der Waals surface area (Å²) in [5.41, 5.74) is 0. The summed E-state index contributed by atoms with van der Waals surface area (Å²) >= 11 is 0. The van der Waals surface area contributed by atoms with Gasteiger partial charge in [0.05, 0.1) is 13.7 Å². The van der Waals surface area contributed by atoms with E-state index in [4.69, 9.17) is 4.74 Å². The van der Waals surface area contributed by atoms with Gasteiger partial charge in [0.25, 0.3) is 0 Å². The summed E-state index contributed by atoms with van der Waals surface area (Å²) in [6, 6.07) is -0.0640. The Balaban J connectivity index is 2.51. The van der Waals surface area contributed by atoms with Crippen molar-refractivity contribution in [1.29, 1.82) is 0 Å². The number of methoxy groups -OCH3 is 1. The van der Waals surface area contributed by atoms with E-state index in [1.165, 1.54) is 7.11 Å². The molecule has 0 bridgehead atoms. The maximum atomic E-state index is 11.3. The molecule has 13 heavy (non-hydrogen) atoms. The van der Waals surface area contributed by atoms with Crippen LogP contribution in [0.25, 0.3) is 0 Å². The van der Waals surface area contributed by atoms with Crippen LogP contribution in [0, 0.1) is 11.8 Å². The summed E-state index contributed by atoms with van der Waals surface area (Å²) in [7, 11) is 1.43. The summed E-state index contributed by atoms with van der Waals surface area (Å²) < 4.78 is 4.72. The normalized spacial score (nSPS) is 22.2. The first-order chi connectivity index (χ1) is 6.29. The number of hydrogen-bond donors (Lipinski definition) is 0. The molecule has 0 aromatic carbocycles. The van der Waals surface area contributed by atoms with Gasteiger partial charge in [0.1, 0.15) is 6.04 Å². The largest absolute Gasteiger partial charge is 0.468 e. The van der Waals surface area contributed by atoms with Crippen molar-refractivity contribution in [2.24, 2.45) is 0 Å². The Morgan fingerprint density at radius 1 is 1.69 bits per heavy atom. The Morgan fingerprint density at radius 3 is 3.08 bits per heavy atom. The molecule has 3 nitrogen and oxygen atoms in total. The highest BCUT2D eigenvalue weighted by Gasteiger charge is 2.30. The maximum absolute atomic E-state index is 11.3. The molecule has 1 unspecified atom stereocenters. The van der Waals surface area contributed by atoms with Crippen molar-refractivity contribution in [3.8, 4) is 11.8 Å². The quantitative estimate of drug-likeness (QED) is 0.462. The van der Waals surface area contributed by atoms with Gasteiger partial charge in [-0.05, 0) is 19.8 Å². The van der Waals surface area contributed by atoms with Gasteiger partial charge < -0.3 is 4.74 Å². The van der Waals surface area contributed by atoms with Gasteiger partial charge in [0.15, 0.2) is 0 Å². The highest BCUT2D eigenvalue weighted by molar-refractivity contribution is 5.76. The number of rotatable bonds is 2. The van der Waals surface area contributed by atoms with Crippen LogP contribution in [0.1, 0.15) is 19.8 Å². The average molecular weight is 181 g/mol. The van der Waals surface area contributed by atoms with Gasteiger partial charge in [0.2, 0.25) is 0 Å². The third kappa shape index (κ3) is 2.46. The molecule has 1 fully saturated rings. The summed E-state index contributed by atoms with van der Waals surface area (Å²) in [6.07, 6.45) is 1.96. The fourth-order valence-electron chi connectivity index (χ4n) is 1.60. The number of nitrogens with zero attached hydrogens (tertiary/aromatic N) is 1. The van der Waals surface area contributed by atoms with Crippen LogP contribution in [0.5, 0.6) is 0 Å². The minimum Gasteiger partial charge on any atom is -0.468 e. The Hall–Kier alpha value is -1.01. The predicted octanol–water partition coefficient (Wildman–Crippen LogP) is 0.647. The molecule has 0 saturated carbocycles. The van der Waals surface area contributed by atoms with Crippen LogP contribution >= 0.6 is 0 Å². The molecular weight excluding hydrogens is 166 g/mol. The topological polar surface area (TPSA) is 29.5 Å². The minimum absolute atomic E-state index is 0.0640. The highest BCUT2D eigenvalue weighted by Crippen LogP contribution is 2.17. The number of esters is 1. The molecule has 0 aromatic rings. The van der Waals surface area contributed by atoms with Crippen LogP contribution in [0.2, 0.25) is 0 Å². The van der Waals surface area contributed by atoms with Gasteiger partial charge in [0, 0.05) is 6.54 Å². The molecule has 1 heterocycles. The SMILES string of the molecule is CC#CCN1CCCC1C(=O)OC. The van der Waals surface area contributed by atoms with E-state index in [1.54, 1.807) is 0 Å². The number of carbonyl (C=O) groups excluding carboxylic acids is 1. The van der Waals surface area contributed by atoms with Gasteiger partial charge in [-0.1, -0.05) is 5.92 Å². The monoisotopic (exact) mass is 181 g/mol. The van der Waals surface area contributed by atoms with Gasteiger partial charge in [-0.3, -0.25) is 9.69 Å². The predicted molar refractivity (Wildman–Crippen MR) is 50.1 cm³/mol. The smallest absolute Gasteiger partial charge is 0.323 e. The van der Waals surface area contributed by atoms with Gasteiger partial charge in [-0.25, -0.2) is 0 Å². The first kappa shape index (κ1) is 10.1. The average Bonchev–Trinajstić information content (AvgIpc) is 2.61. The zero-order chi connectivity index (χ0) is 9.68. The minimum atomic E-state index is -0.129. The fourth-order valence-corrected chi connectivity index (χ4v) is 1.60. The molecule has 72 valence electrons. The molecule has 0 aromatic heterocycles. The molecule has 0 aliphatic carbocycles. The number of likely N-dealkylation sites (tertiary alicyclic amines) is 1. The van der Waals surface area contributed by atoms with E-state index in [1.807, 2.05) is 6.92 Å². The van der Waals surface area contributed by atoms with E-state index in [0.29, 0.717) is 6.54 Å². The Labute approximate surface area is 79.1 Å². The molecule has 1 saturated heterocycles. The molecule has 0 amide bonds. The van der Waals surface area contributed by atoms with Crippen molar-refractivity contribution in [3.63, 3.8) is 0 Å². The highest BCUT2D eigenvalue weighted by atomic mass is 16.5. The summed E-state index contributed by atoms with van der Waals surface area (Å²) in [5.74, 6) is 5.67. The lowest BCUT2D eigenvalue weighted by atomic mass is 10.2. The first-order valence-corrected chi connectivity index (χ1v) is 4.51. The number of carbonyl (C=O) groups is 1. The molecule has 1 aliphatic rings. The van der Waals surface area contributed by atoms with Crippen LogP contribution in [0.3, 0.4) is 0 Å². The van der Waals surface area contributed by atoms with E-state index < -0.39 is 0 Å². The molecule has 0 radical (unpaired) electrons. The Morgan fingerprint density at radius 2 is 2.46 bits per heavy atom. The van der Waals surface area contributed by atoms with Gasteiger partial charge in [-0.15, -0.1) is 5.92 Å². The second-order valence-electron chi connectivity index (χ2n) is 3.08. The van der Waals surface area contributed by atoms with E-state index in [2.05, 4.69) is 16.7 Å². The van der Waals surface area contributed by atoms with Crippen LogP contribution in [0.15, 0.2) is 0 Å². The van der Waals surface area contributed by atoms with Crippen LogP contribution in [0.4, 0.5) is 0 Å². The maximum Gasteiger partial charge on any atom is 0.323 e. The fraction of sp³-hybridized carbons (Fsp3) is 0.700. The van der Waals surface area contributed by atoms with E-state index in [0.717, 1.165) is 19.4 Å². The lowest BCUT2D eigenvalue weighted by Crippen LogP contribution is -2.36. The third-order valence-corrected chi connectivity index (χ3v) is 2.30. The lowest BCUT2D eigenvalue weighted by Gasteiger charge is -2.19. The van der Waals surface area contributed by atoms with Crippen LogP contribution in [-0.2, 0) is 9.53 Å². The van der Waals surface area contributed by atoms with Crippen molar-refractivity contribution in [2.45, 2.75) is 25.8 Å². The zero-order valence-corrected chi connectivity index (χ0v) is 8.17. The van der Waals surface area contributed by atoms with Crippen molar-refractivity contribution in [1.82, 2.24) is 4.90 Å². The van der Waals surface area contributed by atoms with Gasteiger partial charge >= 0.3 is 5.97 Å². The second-order valence-corrected chi connectivity index (χ2v) is 3.08. The van der Waals surface area contributed by atoms with Crippen LogP contribution in [-0.4, -0.2) is 37.1 Å². The lowest BCUT2D eigenvalue weighted by molar-refractivity contribution is -0.145. The first-order valence-electron chi connectivity index (χ1n) is 4.51. The van der Waals surface area contributed by atoms with Crippen molar-refractivity contribution >= 4 is 5.97 Å².